The van der Waals surface area contributed by atoms with Crippen molar-refractivity contribution in [2.75, 3.05) is 13.2 Å². The predicted molar refractivity (Wildman–Crippen MR) is 102 cm³/mol. The average Bonchev–Trinajstić information content (AvgIpc) is 2.51. The summed E-state index contributed by atoms with van der Waals surface area (Å²) in [6.45, 7) is 7.07. The molecule has 0 fully saturated rings. The smallest absolute Gasteiger partial charge is 0.129 e. The molecule has 3 nitrogen and oxygen atoms in total. The Kier molecular flexibility index (Phi) is 6.02. The number of thiocarbonyl (C=S) groups is 1. The summed E-state index contributed by atoms with van der Waals surface area (Å²) in [5.74, 6) is 1.60. The zero-order valence-corrected chi connectivity index (χ0v) is 15.9. The van der Waals surface area contributed by atoms with Gasteiger partial charge in [0.05, 0.1) is 5.56 Å². The van der Waals surface area contributed by atoms with Crippen LogP contribution in [0.15, 0.2) is 34.8 Å². The summed E-state index contributed by atoms with van der Waals surface area (Å²) < 4.78 is 12.6. The van der Waals surface area contributed by atoms with E-state index in [0.29, 0.717) is 24.0 Å². The first kappa shape index (κ1) is 17.8. The SMILES string of the molecule is Cc1ccc(C)c(OCCOc2ccc(Br)cc2C(N)=S)c1C. The van der Waals surface area contributed by atoms with Gasteiger partial charge in [-0.2, -0.15) is 0 Å². The zero-order chi connectivity index (χ0) is 17.0. The molecule has 2 aromatic carbocycles. The minimum Gasteiger partial charge on any atom is -0.489 e. The molecule has 0 saturated carbocycles. The summed E-state index contributed by atoms with van der Waals surface area (Å²) in [4.78, 5) is 0.313. The van der Waals surface area contributed by atoms with E-state index < -0.39 is 0 Å². The van der Waals surface area contributed by atoms with Gasteiger partial charge in [0.1, 0.15) is 29.7 Å². The van der Waals surface area contributed by atoms with Gasteiger partial charge in [-0.3, -0.25) is 0 Å². The van der Waals surface area contributed by atoms with Crippen LogP contribution in [0.25, 0.3) is 0 Å². The standard InChI is InChI=1S/C18H20BrNO2S/c1-11-4-5-12(2)17(13(11)3)22-9-8-21-16-7-6-14(19)10-15(16)18(20)23/h4-7,10H,8-9H2,1-3H3,(H2,20,23). The Morgan fingerprint density at radius 1 is 1.04 bits per heavy atom. The van der Waals surface area contributed by atoms with Crippen LogP contribution in [0.4, 0.5) is 0 Å². The van der Waals surface area contributed by atoms with Crippen molar-refractivity contribution in [3.63, 3.8) is 0 Å². The van der Waals surface area contributed by atoms with Crippen LogP contribution in [-0.4, -0.2) is 18.2 Å². The molecular weight excluding hydrogens is 374 g/mol. The van der Waals surface area contributed by atoms with E-state index in [2.05, 4.69) is 41.9 Å². The molecular formula is C18H20BrNO2S. The molecule has 0 aliphatic carbocycles. The summed E-state index contributed by atoms with van der Waals surface area (Å²) >= 11 is 8.46. The molecule has 122 valence electrons. The Hall–Kier alpha value is -1.59. The first-order chi connectivity index (χ1) is 10.9. The van der Waals surface area contributed by atoms with Crippen LogP contribution < -0.4 is 15.2 Å². The van der Waals surface area contributed by atoms with Crippen molar-refractivity contribution in [2.24, 2.45) is 5.73 Å². The first-order valence-corrected chi connectivity index (χ1v) is 8.52. The molecule has 0 spiro atoms. The van der Waals surface area contributed by atoms with Crippen molar-refractivity contribution in [3.8, 4) is 11.5 Å². The lowest BCUT2D eigenvalue weighted by atomic mass is 10.1. The van der Waals surface area contributed by atoms with E-state index in [0.717, 1.165) is 26.9 Å². The molecule has 0 amide bonds. The molecule has 0 aromatic heterocycles. The Morgan fingerprint density at radius 2 is 1.70 bits per heavy atom. The van der Waals surface area contributed by atoms with E-state index in [4.69, 9.17) is 27.4 Å². The van der Waals surface area contributed by atoms with Crippen molar-refractivity contribution in [2.45, 2.75) is 20.8 Å². The molecule has 0 aliphatic heterocycles. The molecule has 2 aromatic rings. The Morgan fingerprint density at radius 3 is 2.39 bits per heavy atom. The van der Waals surface area contributed by atoms with Gasteiger partial charge in [-0.05, 0) is 55.7 Å². The number of hydrogen-bond acceptors (Lipinski definition) is 3. The summed E-state index contributed by atoms with van der Waals surface area (Å²) in [6.07, 6.45) is 0. The van der Waals surface area contributed by atoms with Crippen molar-refractivity contribution >= 4 is 33.1 Å². The maximum Gasteiger partial charge on any atom is 0.129 e. The van der Waals surface area contributed by atoms with Gasteiger partial charge in [0.25, 0.3) is 0 Å². The first-order valence-electron chi connectivity index (χ1n) is 7.32. The van der Waals surface area contributed by atoms with Gasteiger partial charge in [-0.25, -0.2) is 0 Å². The third-order valence-corrected chi connectivity index (χ3v) is 4.38. The third-order valence-electron chi connectivity index (χ3n) is 3.67. The molecule has 0 radical (unpaired) electrons. The van der Waals surface area contributed by atoms with Gasteiger partial charge >= 0.3 is 0 Å². The summed E-state index contributed by atoms with van der Waals surface area (Å²) in [5.41, 5.74) is 9.96. The van der Waals surface area contributed by atoms with Crippen LogP contribution in [0.5, 0.6) is 11.5 Å². The summed E-state index contributed by atoms with van der Waals surface area (Å²) in [7, 11) is 0. The molecule has 0 bridgehead atoms. The number of ether oxygens (including phenoxy) is 2. The van der Waals surface area contributed by atoms with Gasteiger partial charge < -0.3 is 15.2 Å². The Labute approximate surface area is 150 Å². The maximum absolute atomic E-state index is 5.90. The van der Waals surface area contributed by atoms with E-state index in [1.807, 2.05) is 25.1 Å². The highest BCUT2D eigenvalue weighted by atomic mass is 79.9. The fraction of sp³-hybridized carbons (Fsp3) is 0.278. The lowest BCUT2D eigenvalue weighted by molar-refractivity contribution is 0.215. The largest absolute Gasteiger partial charge is 0.489 e. The van der Waals surface area contributed by atoms with Crippen molar-refractivity contribution in [1.82, 2.24) is 0 Å². The molecule has 2 rings (SSSR count). The Balaban J connectivity index is 1.99. The average molecular weight is 394 g/mol. The molecule has 0 aliphatic rings. The molecule has 0 saturated heterocycles. The summed E-state index contributed by atoms with van der Waals surface area (Å²) in [6, 6.07) is 9.77. The van der Waals surface area contributed by atoms with Crippen LogP contribution in [0, 0.1) is 20.8 Å². The minimum absolute atomic E-state index is 0.313. The number of nitrogens with two attached hydrogens (primary N) is 1. The highest BCUT2D eigenvalue weighted by Crippen LogP contribution is 2.26. The normalized spacial score (nSPS) is 10.4. The van der Waals surface area contributed by atoms with Gasteiger partial charge in [0, 0.05) is 4.47 Å². The van der Waals surface area contributed by atoms with Crippen LogP contribution in [0.1, 0.15) is 22.3 Å². The number of benzene rings is 2. The lowest BCUT2D eigenvalue weighted by Gasteiger charge is -2.15. The van der Waals surface area contributed by atoms with E-state index in [9.17, 15) is 0 Å². The van der Waals surface area contributed by atoms with E-state index in [1.165, 1.54) is 5.56 Å². The zero-order valence-electron chi connectivity index (χ0n) is 13.5. The molecule has 5 heteroatoms. The van der Waals surface area contributed by atoms with Crippen LogP contribution in [0.2, 0.25) is 0 Å². The topological polar surface area (TPSA) is 44.5 Å². The fourth-order valence-corrected chi connectivity index (χ4v) is 2.78. The highest BCUT2D eigenvalue weighted by molar-refractivity contribution is 9.10. The second kappa shape index (κ2) is 7.79. The van der Waals surface area contributed by atoms with E-state index in [-0.39, 0.29) is 0 Å². The summed E-state index contributed by atoms with van der Waals surface area (Å²) in [5, 5.41) is 0. The monoisotopic (exact) mass is 393 g/mol. The van der Waals surface area contributed by atoms with Gasteiger partial charge in [0.15, 0.2) is 0 Å². The molecule has 0 unspecified atom stereocenters. The lowest BCUT2D eigenvalue weighted by Crippen LogP contribution is -2.15. The number of hydrogen-bond donors (Lipinski definition) is 1. The van der Waals surface area contributed by atoms with Gasteiger partial charge in [0.2, 0.25) is 0 Å². The second-order valence-electron chi connectivity index (χ2n) is 5.36. The molecule has 23 heavy (non-hydrogen) atoms. The maximum atomic E-state index is 5.90. The number of rotatable bonds is 6. The molecule has 0 atom stereocenters. The van der Waals surface area contributed by atoms with Crippen LogP contribution >= 0.6 is 28.1 Å². The van der Waals surface area contributed by atoms with Crippen molar-refractivity contribution in [3.05, 3.63) is 57.1 Å². The van der Waals surface area contributed by atoms with Gasteiger partial charge in [-0.15, -0.1) is 0 Å². The second-order valence-corrected chi connectivity index (χ2v) is 6.71. The van der Waals surface area contributed by atoms with E-state index in [1.54, 1.807) is 0 Å². The van der Waals surface area contributed by atoms with Crippen LogP contribution in [-0.2, 0) is 0 Å². The number of halogens is 1. The quantitative estimate of drug-likeness (QED) is 0.580. The van der Waals surface area contributed by atoms with Crippen molar-refractivity contribution < 1.29 is 9.47 Å². The van der Waals surface area contributed by atoms with E-state index >= 15 is 0 Å². The molecule has 2 N–H and O–H groups in total. The van der Waals surface area contributed by atoms with Gasteiger partial charge in [-0.1, -0.05) is 40.3 Å². The highest BCUT2D eigenvalue weighted by Gasteiger charge is 2.09. The molecule has 0 heterocycles. The number of aryl methyl sites for hydroxylation is 2. The minimum atomic E-state index is 0.313. The fourth-order valence-electron chi connectivity index (χ4n) is 2.26. The van der Waals surface area contributed by atoms with Crippen LogP contribution in [0.3, 0.4) is 0 Å². The third kappa shape index (κ3) is 4.45. The predicted octanol–water partition coefficient (Wildman–Crippen LogP) is 4.47. The van der Waals surface area contributed by atoms with Crippen molar-refractivity contribution in [1.29, 1.82) is 0 Å². The Bertz CT molecular complexity index is 731.